The van der Waals surface area contributed by atoms with Gasteiger partial charge in [-0.05, 0) is 60.2 Å². The first-order valence-electron chi connectivity index (χ1n) is 11.6. The molecule has 1 N–H and O–H groups in total. The number of aromatic nitrogens is 4. The Morgan fingerprint density at radius 1 is 1.00 bits per heavy atom. The van der Waals surface area contributed by atoms with E-state index in [-0.39, 0.29) is 0 Å². The molecule has 0 radical (unpaired) electrons. The standard InChI is InChI=1S/C26H30BrN7/c1-18-14-20(8-9-28-18)17-33-10-12-34(13-11-33)24-22(27)15-29-26-23(24)30-25(31-26)21-6-4-19(5-7-21)16-32(2)3/h4-9,14-15H,10-13,16-17H2,1-3H3,(H,29,30,31). The Labute approximate surface area is 209 Å². The summed E-state index contributed by atoms with van der Waals surface area (Å²) in [7, 11) is 4.16. The minimum absolute atomic E-state index is 0.750. The Balaban J connectivity index is 1.34. The number of pyridine rings is 2. The van der Waals surface area contributed by atoms with Crippen molar-refractivity contribution in [2.45, 2.75) is 20.0 Å². The van der Waals surface area contributed by atoms with Crippen molar-refractivity contribution in [2.75, 3.05) is 45.2 Å². The number of benzene rings is 1. The van der Waals surface area contributed by atoms with Crippen molar-refractivity contribution in [3.63, 3.8) is 0 Å². The van der Waals surface area contributed by atoms with Gasteiger partial charge in [-0.1, -0.05) is 24.3 Å². The van der Waals surface area contributed by atoms with Crippen molar-refractivity contribution in [1.82, 2.24) is 29.7 Å². The lowest BCUT2D eigenvalue weighted by molar-refractivity contribution is 0.250. The van der Waals surface area contributed by atoms with Crippen LogP contribution in [0.25, 0.3) is 22.6 Å². The second kappa shape index (κ2) is 9.82. The van der Waals surface area contributed by atoms with Crippen LogP contribution in [0.2, 0.25) is 0 Å². The molecule has 4 heterocycles. The molecule has 5 rings (SSSR count). The van der Waals surface area contributed by atoms with Crippen molar-refractivity contribution < 1.29 is 0 Å². The molecule has 7 nitrogen and oxygen atoms in total. The zero-order valence-corrected chi connectivity index (χ0v) is 21.5. The molecule has 4 aromatic rings. The first-order valence-corrected chi connectivity index (χ1v) is 12.4. The highest BCUT2D eigenvalue weighted by Gasteiger charge is 2.23. The van der Waals surface area contributed by atoms with Gasteiger partial charge < -0.3 is 14.8 Å². The molecule has 0 atom stereocenters. The van der Waals surface area contributed by atoms with Crippen molar-refractivity contribution in [1.29, 1.82) is 0 Å². The van der Waals surface area contributed by atoms with E-state index in [2.05, 4.69) is 96.1 Å². The average Bonchev–Trinajstić information content (AvgIpc) is 3.24. The van der Waals surface area contributed by atoms with Crippen molar-refractivity contribution in [3.8, 4) is 11.4 Å². The van der Waals surface area contributed by atoms with Gasteiger partial charge in [0, 0.05) is 62.9 Å². The molecule has 0 spiro atoms. The van der Waals surface area contributed by atoms with E-state index in [9.17, 15) is 0 Å². The highest BCUT2D eigenvalue weighted by molar-refractivity contribution is 9.10. The number of H-pyrrole nitrogens is 1. The van der Waals surface area contributed by atoms with E-state index in [1.165, 1.54) is 11.1 Å². The Morgan fingerprint density at radius 2 is 1.76 bits per heavy atom. The Morgan fingerprint density at radius 3 is 2.47 bits per heavy atom. The third-order valence-electron chi connectivity index (χ3n) is 6.23. The number of halogens is 1. The fourth-order valence-corrected chi connectivity index (χ4v) is 5.14. The molecule has 3 aromatic heterocycles. The van der Waals surface area contributed by atoms with Crippen LogP contribution in [-0.2, 0) is 13.1 Å². The molecule has 1 aliphatic heterocycles. The number of imidazole rings is 1. The quantitative estimate of drug-likeness (QED) is 0.405. The maximum atomic E-state index is 4.81. The van der Waals surface area contributed by atoms with Gasteiger partial charge >= 0.3 is 0 Å². The highest BCUT2D eigenvalue weighted by atomic mass is 79.9. The highest BCUT2D eigenvalue weighted by Crippen LogP contribution is 2.34. The molecular weight excluding hydrogens is 490 g/mol. The van der Waals surface area contributed by atoms with Gasteiger partial charge in [-0.15, -0.1) is 0 Å². The number of rotatable bonds is 6. The van der Waals surface area contributed by atoms with Crippen LogP contribution in [-0.4, -0.2) is 70.0 Å². The van der Waals surface area contributed by atoms with Gasteiger partial charge in [-0.3, -0.25) is 9.88 Å². The van der Waals surface area contributed by atoms with Crippen LogP contribution in [0, 0.1) is 6.92 Å². The van der Waals surface area contributed by atoms with Gasteiger partial charge in [0.05, 0.1) is 10.2 Å². The number of anilines is 1. The average molecular weight is 520 g/mol. The van der Waals surface area contributed by atoms with Crippen molar-refractivity contribution in [3.05, 3.63) is 70.1 Å². The molecular formula is C26H30BrN7. The zero-order valence-electron chi connectivity index (χ0n) is 19.9. The summed E-state index contributed by atoms with van der Waals surface area (Å²) in [6, 6.07) is 12.9. The third-order valence-corrected chi connectivity index (χ3v) is 6.81. The summed E-state index contributed by atoms with van der Waals surface area (Å²) in [6.45, 7) is 7.85. The molecule has 34 heavy (non-hydrogen) atoms. The summed E-state index contributed by atoms with van der Waals surface area (Å²) in [5.74, 6) is 0.852. The minimum Gasteiger partial charge on any atom is -0.366 e. The van der Waals surface area contributed by atoms with Gasteiger partial charge in [0.15, 0.2) is 5.65 Å². The van der Waals surface area contributed by atoms with Gasteiger partial charge in [0.25, 0.3) is 0 Å². The summed E-state index contributed by atoms with van der Waals surface area (Å²) >= 11 is 3.75. The summed E-state index contributed by atoms with van der Waals surface area (Å²) in [5, 5.41) is 0. The second-order valence-corrected chi connectivity index (χ2v) is 10.1. The van der Waals surface area contributed by atoms with Crippen LogP contribution in [0.4, 0.5) is 5.69 Å². The van der Waals surface area contributed by atoms with Crippen LogP contribution in [0.5, 0.6) is 0 Å². The normalized spacial score (nSPS) is 14.9. The van der Waals surface area contributed by atoms with E-state index < -0.39 is 0 Å². The first-order chi connectivity index (χ1) is 16.5. The molecule has 8 heteroatoms. The van der Waals surface area contributed by atoms with E-state index in [1.807, 2.05) is 19.3 Å². The summed E-state index contributed by atoms with van der Waals surface area (Å²) in [5.41, 5.74) is 7.63. The number of aromatic amines is 1. The predicted octanol–water partition coefficient (Wildman–Crippen LogP) is 4.47. The van der Waals surface area contributed by atoms with Gasteiger partial charge in [-0.25, -0.2) is 9.97 Å². The molecule has 0 amide bonds. The van der Waals surface area contributed by atoms with E-state index in [4.69, 9.17) is 4.98 Å². The smallest absolute Gasteiger partial charge is 0.180 e. The van der Waals surface area contributed by atoms with E-state index >= 15 is 0 Å². The number of fused-ring (bicyclic) bond motifs is 1. The third kappa shape index (κ3) is 4.99. The van der Waals surface area contributed by atoms with Crippen LogP contribution >= 0.6 is 15.9 Å². The largest absolute Gasteiger partial charge is 0.366 e. The van der Waals surface area contributed by atoms with E-state index in [0.717, 1.165) is 77.7 Å². The maximum Gasteiger partial charge on any atom is 0.180 e. The number of aryl methyl sites for hydroxylation is 1. The first kappa shape index (κ1) is 23.0. The minimum atomic E-state index is 0.750. The number of nitrogens with zero attached hydrogens (tertiary/aromatic N) is 6. The van der Waals surface area contributed by atoms with Crippen LogP contribution in [0.1, 0.15) is 16.8 Å². The predicted molar refractivity (Wildman–Crippen MR) is 141 cm³/mol. The van der Waals surface area contributed by atoms with Gasteiger partial charge in [-0.2, -0.15) is 0 Å². The lowest BCUT2D eigenvalue weighted by atomic mass is 10.1. The lowest BCUT2D eigenvalue weighted by Gasteiger charge is -2.36. The fraction of sp³-hybridized carbons (Fsp3) is 0.346. The second-order valence-electron chi connectivity index (χ2n) is 9.24. The molecule has 1 saturated heterocycles. The number of hydrogen-bond acceptors (Lipinski definition) is 6. The molecule has 1 aliphatic rings. The van der Waals surface area contributed by atoms with Crippen molar-refractivity contribution >= 4 is 32.8 Å². The Hall–Kier alpha value is -2.81. The SMILES string of the molecule is Cc1cc(CN2CCN(c3c(Br)cnc4nc(-c5ccc(CN(C)C)cc5)[nH]c34)CC2)ccn1. The van der Waals surface area contributed by atoms with Gasteiger partial charge in [0.1, 0.15) is 11.3 Å². The molecule has 0 unspecified atom stereocenters. The maximum absolute atomic E-state index is 4.81. The summed E-state index contributed by atoms with van der Waals surface area (Å²) < 4.78 is 0.995. The van der Waals surface area contributed by atoms with E-state index in [0.29, 0.717) is 0 Å². The Kier molecular flexibility index (Phi) is 6.63. The molecule has 176 valence electrons. The molecule has 0 bridgehead atoms. The number of nitrogens with one attached hydrogen (secondary N) is 1. The molecule has 1 fully saturated rings. The van der Waals surface area contributed by atoms with Gasteiger partial charge in [0.2, 0.25) is 0 Å². The monoisotopic (exact) mass is 519 g/mol. The van der Waals surface area contributed by atoms with Crippen LogP contribution in [0.3, 0.4) is 0 Å². The molecule has 1 aromatic carbocycles. The summed E-state index contributed by atoms with van der Waals surface area (Å²) in [4.78, 5) is 24.4. The zero-order chi connectivity index (χ0) is 23.7. The molecule has 0 saturated carbocycles. The van der Waals surface area contributed by atoms with Crippen LogP contribution < -0.4 is 4.90 Å². The topological polar surface area (TPSA) is 64.2 Å². The number of hydrogen-bond donors (Lipinski definition) is 1. The summed E-state index contributed by atoms with van der Waals surface area (Å²) in [6.07, 6.45) is 3.77. The lowest BCUT2D eigenvalue weighted by Crippen LogP contribution is -2.46. The fourth-order valence-electron chi connectivity index (χ4n) is 4.59. The van der Waals surface area contributed by atoms with Crippen LogP contribution in [0.15, 0.2) is 53.3 Å². The van der Waals surface area contributed by atoms with E-state index in [1.54, 1.807) is 0 Å². The van der Waals surface area contributed by atoms with Crippen molar-refractivity contribution in [2.24, 2.45) is 0 Å². The number of piperazine rings is 1. The Bertz CT molecular complexity index is 1270. The molecule has 0 aliphatic carbocycles.